The average molecular weight is 308 g/mol. The van der Waals surface area contributed by atoms with Crippen LogP contribution in [-0.4, -0.2) is 7.11 Å². The van der Waals surface area contributed by atoms with Gasteiger partial charge in [0.1, 0.15) is 11.8 Å². The molecule has 1 rings (SSSR count). The third kappa shape index (κ3) is 2.26. The molecule has 0 radical (unpaired) electrons. The standard InChI is InChI=1S/C9H7ClINO/c1-13-8-2-6(4-10)9(11)7(3-8)5-12/h2-3H,4H2,1H3. The van der Waals surface area contributed by atoms with E-state index in [1.165, 1.54) is 0 Å². The van der Waals surface area contributed by atoms with Gasteiger partial charge >= 0.3 is 0 Å². The second kappa shape index (κ2) is 4.68. The number of rotatable bonds is 2. The lowest BCUT2D eigenvalue weighted by Crippen LogP contribution is -1.93. The molecule has 0 aliphatic heterocycles. The molecule has 4 heteroatoms. The van der Waals surface area contributed by atoms with E-state index in [9.17, 15) is 0 Å². The summed E-state index contributed by atoms with van der Waals surface area (Å²) in [5.74, 6) is 1.07. The number of methoxy groups -OCH3 is 1. The Balaban J connectivity index is 3.31. The Hall–Kier alpha value is -0.470. The lowest BCUT2D eigenvalue weighted by atomic mass is 10.1. The highest BCUT2D eigenvalue weighted by atomic mass is 127. The molecule has 0 amide bonds. The first-order valence-electron chi connectivity index (χ1n) is 3.55. The lowest BCUT2D eigenvalue weighted by Gasteiger charge is -2.06. The van der Waals surface area contributed by atoms with E-state index in [0.717, 1.165) is 9.13 Å². The zero-order valence-corrected chi connectivity index (χ0v) is 9.89. The summed E-state index contributed by atoms with van der Waals surface area (Å²) < 4.78 is 5.94. The molecule has 1 aromatic rings. The van der Waals surface area contributed by atoms with Gasteiger partial charge in [-0.05, 0) is 40.3 Å². The Labute approximate surface area is 95.6 Å². The molecule has 68 valence electrons. The highest BCUT2D eigenvalue weighted by Crippen LogP contribution is 2.24. The maximum atomic E-state index is 8.80. The number of nitrogens with zero attached hydrogens (tertiary/aromatic N) is 1. The van der Waals surface area contributed by atoms with E-state index in [1.807, 2.05) is 6.07 Å². The normalized spacial score (nSPS) is 9.38. The van der Waals surface area contributed by atoms with Gasteiger partial charge < -0.3 is 4.74 Å². The Morgan fingerprint density at radius 2 is 2.31 bits per heavy atom. The van der Waals surface area contributed by atoms with Crippen LogP contribution in [0, 0.1) is 14.9 Å². The summed E-state index contributed by atoms with van der Waals surface area (Å²) in [5, 5.41) is 8.80. The van der Waals surface area contributed by atoms with Crippen molar-refractivity contribution < 1.29 is 4.74 Å². The first-order chi connectivity index (χ1) is 6.22. The fourth-order valence-corrected chi connectivity index (χ4v) is 2.01. The topological polar surface area (TPSA) is 33.0 Å². The largest absolute Gasteiger partial charge is 0.497 e. The minimum Gasteiger partial charge on any atom is -0.497 e. The van der Waals surface area contributed by atoms with Crippen LogP contribution in [0.3, 0.4) is 0 Å². The molecular formula is C9H7ClINO. The van der Waals surface area contributed by atoms with E-state index in [1.54, 1.807) is 13.2 Å². The van der Waals surface area contributed by atoms with E-state index in [4.69, 9.17) is 21.6 Å². The van der Waals surface area contributed by atoms with Gasteiger partial charge in [-0.15, -0.1) is 11.6 Å². The molecule has 0 fully saturated rings. The third-order valence-corrected chi connectivity index (χ3v) is 3.18. The lowest BCUT2D eigenvalue weighted by molar-refractivity contribution is 0.414. The Morgan fingerprint density at radius 3 is 2.77 bits per heavy atom. The molecule has 0 saturated heterocycles. The molecule has 0 bridgehead atoms. The summed E-state index contributed by atoms with van der Waals surface area (Å²) in [6, 6.07) is 5.65. The molecule has 0 saturated carbocycles. The van der Waals surface area contributed by atoms with Gasteiger partial charge in [0.05, 0.1) is 12.7 Å². The first kappa shape index (κ1) is 10.6. The van der Waals surface area contributed by atoms with Crippen molar-refractivity contribution in [3.8, 4) is 11.8 Å². The molecule has 0 unspecified atom stereocenters. The van der Waals surface area contributed by atoms with E-state index >= 15 is 0 Å². The Kier molecular flexibility index (Phi) is 3.82. The van der Waals surface area contributed by atoms with Crippen molar-refractivity contribution in [1.82, 2.24) is 0 Å². The van der Waals surface area contributed by atoms with E-state index in [-0.39, 0.29) is 0 Å². The fraction of sp³-hybridized carbons (Fsp3) is 0.222. The summed E-state index contributed by atoms with van der Waals surface area (Å²) in [6.07, 6.45) is 0. The molecule has 0 aliphatic rings. The van der Waals surface area contributed by atoms with Gasteiger partial charge in [-0.3, -0.25) is 0 Å². The summed E-state index contributed by atoms with van der Waals surface area (Å²) in [5.41, 5.74) is 1.54. The monoisotopic (exact) mass is 307 g/mol. The zero-order chi connectivity index (χ0) is 9.84. The van der Waals surface area contributed by atoms with Crippen LogP contribution in [0.4, 0.5) is 0 Å². The van der Waals surface area contributed by atoms with Gasteiger partial charge in [0.15, 0.2) is 0 Å². The highest BCUT2D eigenvalue weighted by Gasteiger charge is 2.07. The van der Waals surface area contributed by atoms with Crippen molar-refractivity contribution in [3.05, 3.63) is 26.8 Å². The molecule has 0 atom stereocenters. The van der Waals surface area contributed by atoms with Crippen molar-refractivity contribution in [2.75, 3.05) is 7.11 Å². The molecule has 0 aromatic heterocycles. The van der Waals surface area contributed by atoms with Crippen LogP contribution >= 0.6 is 34.2 Å². The van der Waals surface area contributed by atoms with E-state index in [2.05, 4.69) is 28.7 Å². The molecule has 0 heterocycles. The summed E-state index contributed by atoms with van der Waals surface area (Å²) >= 11 is 7.83. The maximum Gasteiger partial charge on any atom is 0.120 e. The Morgan fingerprint density at radius 1 is 1.62 bits per heavy atom. The van der Waals surface area contributed by atoms with Crippen LogP contribution in [0.1, 0.15) is 11.1 Å². The number of benzene rings is 1. The van der Waals surface area contributed by atoms with Crippen LogP contribution in [-0.2, 0) is 5.88 Å². The van der Waals surface area contributed by atoms with Crippen molar-refractivity contribution in [3.63, 3.8) is 0 Å². The van der Waals surface area contributed by atoms with Gasteiger partial charge in [-0.25, -0.2) is 0 Å². The van der Waals surface area contributed by atoms with Crippen molar-refractivity contribution in [2.45, 2.75) is 5.88 Å². The van der Waals surface area contributed by atoms with Gasteiger partial charge in [-0.1, -0.05) is 0 Å². The second-order valence-corrected chi connectivity index (χ2v) is 3.74. The number of halogens is 2. The van der Waals surface area contributed by atoms with Gasteiger partial charge in [0, 0.05) is 9.45 Å². The smallest absolute Gasteiger partial charge is 0.120 e. The molecular weight excluding hydrogens is 300 g/mol. The molecule has 0 N–H and O–H groups in total. The average Bonchev–Trinajstić information content (AvgIpc) is 2.18. The Bertz CT molecular complexity index is 359. The number of hydrogen-bond acceptors (Lipinski definition) is 2. The number of ether oxygens (including phenoxy) is 1. The zero-order valence-electron chi connectivity index (χ0n) is 6.97. The van der Waals surface area contributed by atoms with Gasteiger partial charge in [-0.2, -0.15) is 5.26 Å². The SMILES string of the molecule is COc1cc(C#N)c(I)c(CCl)c1. The van der Waals surface area contributed by atoms with Crippen LogP contribution in [0.15, 0.2) is 12.1 Å². The van der Waals surface area contributed by atoms with Crippen LogP contribution in [0.5, 0.6) is 5.75 Å². The molecule has 13 heavy (non-hydrogen) atoms. The van der Waals surface area contributed by atoms with E-state index in [0.29, 0.717) is 17.2 Å². The summed E-state index contributed by atoms with van der Waals surface area (Å²) in [4.78, 5) is 0. The fourth-order valence-electron chi connectivity index (χ4n) is 0.952. The van der Waals surface area contributed by atoms with Crippen molar-refractivity contribution in [1.29, 1.82) is 5.26 Å². The maximum absolute atomic E-state index is 8.80. The quantitative estimate of drug-likeness (QED) is 0.622. The minimum absolute atomic E-state index is 0.393. The second-order valence-electron chi connectivity index (χ2n) is 2.39. The number of nitriles is 1. The molecule has 0 spiro atoms. The van der Waals surface area contributed by atoms with Gasteiger partial charge in [0.2, 0.25) is 0 Å². The van der Waals surface area contributed by atoms with Crippen molar-refractivity contribution in [2.24, 2.45) is 0 Å². The highest BCUT2D eigenvalue weighted by molar-refractivity contribution is 14.1. The molecule has 1 aromatic carbocycles. The predicted molar refractivity (Wildman–Crippen MR) is 60.0 cm³/mol. The van der Waals surface area contributed by atoms with Crippen LogP contribution < -0.4 is 4.74 Å². The van der Waals surface area contributed by atoms with E-state index < -0.39 is 0 Å². The van der Waals surface area contributed by atoms with Crippen LogP contribution in [0.2, 0.25) is 0 Å². The number of hydrogen-bond donors (Lipinski definition) is 0. The van der Waals surface area contributed by atoms with Crippen LogP contribution in [0.25, 0.3) is 0 Å². The van der Waals surface area contributed by atoms with Gasteiger partial charge in [0.25, 0.3) is 0 Å². The first-order valence-corrected chi connectivity index (χ1v) is 5.16. The summed E-state index contributed by atoms with van der Waals surface area (Å²) in [7, 11) is 1.57. The minimum atomic E-state index is 0.393. The van der Waals surface area contributed by atoms with Crippen molar-refractivity contribution >= 4 is 34.2 Å². The third-order valence-electron chi connectivity index (χ3n) is 1.62. The summed E-state index contributed by atoms with van der Waals surface area (Å²) in [6.45, 7) is 0. The molecule has 2 nitrogen and oxygen atoms in total. The number of alkyl halides is 1. The predicted octanol–water partition coefficient (Wildman–Crippen LogP) is 2.91. The molecule has 0 aliphatic carbocycles.